The predicted octanol–water partition coefficient (Wildman–Crippen LogP) is 2.57. The second kappa shape index (κ2) is 9.06. The summed E-state index contributed by atoms with van der Waals surface area (Å²) in [7, 11) is 1.58. The van der Waals surface area contributed by atoms with Gasteiger partial charge in [-0.15, -0.1) is 12.4 Å². The first kappa shape index (κ1) is 19.5. The van der Waals surface area contributed by atoms with Gasteiger partial charge in [-0.25, -0.2) is 0 Å². The van der Waals surface area contributed by atoms with Crippen LogP contribution >= 0.6 is 12.4 Å². The number of hydrogen-bond acceptors (Lipinski definition) is 4. The van der Waals surface area contributed by atoms with Crippen molar-refractivity contribution in [3.63, 3.8) is 0 Å². The van der Waals surface area contributed by atoms with Crippen LogP contribution in [-0.4, -0.2) is 38.6 Å². The number of methoxy groups -OCH3 is 1. The molecule has 0 aromatic heterocycles. The third-order valence-electron chi connectivity index (χ3n) is 4.77. The highest BCUT2D eigenvalue weighted by molar-refractivity contribution is 5.97. The maximum absolute atomic E-state index is 12.1. The molecule has 2 aliphatic heterocycles. The molecule has 2 N–H and O–H groups in total. The molecular formula is C18H26ClN3O3. The maximum Gasteiger partial charge on any atom is 0.227 e. The van der Waals surface area contributed by atoms with Crippen LogP contribution in [0.2, 0.25) is 0 Å². The molecule has 2 fully saturated rings. The van der Waals surface area contributed by atoms with Crippen molar-refractivity contribution in [1.82, 2.24) is 5.32 Å². The Morgan fingerprint density at radius 3 is 2.92 bits per heavy atom. The lowest BCUT2D eigenvalue weighted by Gasteiger charge is -2.19. The van der Waals surface area contributed by atoms with Crippen molar-refractivity contribution >= 4 is 35.6 Å². The van der Waals surface area contributed by atoms with E-state index >= 15 is 0 Å². The second-order valence-electron chi connectivity index (χ2n) is 6.48. The molecule has 1 atom stereocenters. The molecule has 1 aromatic rings. The average Bonchev–Trinajstić information content (AvgIpc) is 3.24. The average molecular weight is 368 g/mol. The summed E-state index contributed by atoms with van der Waals surface area (Å²) in [5.74, 6) is 1.36. The first-order valence-corrected chi connectivity index (χ1v) is 8.66. The number of benzene rings is 1. The lowest BCUT2D eigenvalue weighted by Crippen LogP contribution is -2.24. The smallest absolute Gasteiger partial charge is 0.227 e. The number of nitrogens with zero attached hydrogens (tertiary/aromatic N) is 1. The monoisotopic (exact) mass is 367 g/mol. The molecule has 0 bridgehead atoms. The summed E-state index contributed by atoms with van der Waals surface area (Å²) >= 11 is 0. The summed E-state index contributed by atoms with van der Waals surface area (Å²) in [6.07, 6.45) is 4.05. The highest BCUT2D eigenvalue weighted by Crippen LogP contribution is 2.33. The molecule has 138 valence electrons. The summed E-state index contributed by atoms with van der Waals surface area (Å²) in [5.41, 5.74) is 1.48. The van der Waals surface area contributed by atoms with E-state index in [0.29, 0.717) is 30.2 Å². The van der Waals surface area contributed by atoms with Gasteiger partial charge in [-0.3, -0.25) is 9.59 Å². The molecule has 3 rings (SSSR count). The third-order valence-corrected chi connectivity index (χ3v) is 4.77. The van der Waals surface area contributed by atoms with Crippen LogP contribution in [0.5, 0.6) is 5.75 Å². The Balaban J connectivity index is 0.00000225. The summed E-state index contributed by atoms with van der Waals surface area (Å²) in [4.78, 5) is 25.8. The number of nitrogens with one attached hydrogen (secondary N) is 2. The predicted molar refractivity (Wildman–Crippen MR) is 101 cm³/mol. The Labute approximate surface area is 154 Å². The van der Waals surface area contributed by atoms with E-state index in [9.17, 15) is 9.59 Å². The first-order valence-electron chi connectivity index (χ1n) is 8.66. The minimum atomic E-state index is 0. The number of amides is 2. The van der Waals surface area contributed by atoms with Crippen LogP contribution in [0.3, 0.4) is 0 Å². The second-order valence-corrected chi connectivity index (χ2v) is 6.48. The van der Waals surface area contributed by atoms with E-state index in [1.165, 1.54) is 0 Å². The molecule has 2 heterocycles. The maximum atomic E-state index is 12.1. The quantitative estimate of drug-likeness (QED) is 0.810. The molecular weight excluding hydrogens is 342 g/mol. The van der Waals surface area contributed by atoms with E-state index < -0.39 is 0 Å². The van der Waals surface area contributed by atoms with E-state index in [0.717, 1.165) is 44.6 Å². The number of rotatable bonds is 6. The highest BCUT2D eigenvalue weighted by Gasteiger charge is 2.24. The highest BCUT2D eigenvalue weighted by atomic mass is 35.5. The van der Waals surface area contributed by atoms with Crippen LogP contribution in [0.1, 0.15) is 32.1 Å². The van der Waals surface area contributed by atoms with E-state index in [-0.39, 0.29) is 24.2 Å². The van der Waals surface area contributed by atoms with Crippen molar-refractivity contribution in [3.05, 3.63) is 18.2 Å². The number of carbonyl (C=O) groups excluding carboxylic acids is 2. The van der Waals surface area contributed by atoms with Gasteiger partial charge in [0.1, 0.15) is 5.75 Å². The van der Waals surface area contributed by atoms with Crippen molar-refractivity contribution in [2.45, 2.75) is 32.1 Å². The largest absolute Gasteiger partial charge is 0.494 e. The standard InChI is InChI=1S/C18H25N3O3.ClH/c1-24-16-11-14(5-6-15(16)21-10-2-3-18(21)23)20-17(22)7-4-13-8-9-19-12-13;/h5-6,11,13,19H,2-4,7-10,12H2,1H3,(H,20,22);1H. The fraction of sp³-hybridized carbons (Fsp3) is 0.556. The van der Waals surface area contributed by atoms with Gasteiger partial charge in [0.15, 0.2) is 0 Å². The summed E-state index contributed by atoms with van der Waals surface area (Å²) in [5, 5.41) is 6.24. The number of halogens is 1. The molecule has 2 saturated heterocycles. The summed E-state index contributed by atoms with van der Waals surface area (Å²) in [6, 6.07) is 5.47. The van der Waals surface area contributed by atoms with Crippen molar-refractivity contribution < 1.29 is 14.3 Å². The molecule has 0 aliphatic carbocycles. The van der Waals surface area contributed by atoms with Crippen LogP contribution in [0.15, 0.2) is 18.2 Å². The van der Waals surface area contributed by atoms with Crippen molar-refractivity contribution in [2.75, 3.05) is 37.0 Å². The van der Waals surface area contributed by atoms with Gasteiger partial charge >= 0.3 is 0 Å². The van der Waals surface area contributed by atoms with E-state index in [1.807, 2.05) is 12.1 Å². The van der Waals surface area contributed by atoms with Gasteiger partial charge in [-0.1, -0.05) is 0 Å². The van der Waals surface area contributed by atoms with Crippen LogP contribution in [0.25, 0.3) is 0 Å². The molecule has 2 amide bonds. The van der Waals surface area contributed by atoms with Gasteiger partial charge in [-0.05, 0) is 50.4 Å². The lowest BCUT2D eigenvalue weighted by atomic mass is 10.0. The molecule has 1 unspecified atom stereocenters. The lowest BCUT2D eigenvalue weighted by molar-refractivity contribution is -0.117. The number of carbonyl (C=O) groups is 2. The van der Waals surface area contributed by atoms with E-state index in [1.54, 1.807) is 18.1 Å². The molecule has 2 aliphatic rings. The van der Waals surface area contributed by atoms with Crippen molar-refractivity contribution in [2.24, 2.45) is 5.92 Å². The van der Waals surface area contributed by atoms with Crippen molar-refractivity contribution in [3.8, 4) is 5.75 Å². The Kier molecular flexibility index (Phi) is 7.08. The summed E-state index contributed by atoms with van der Waals surface area (Å²) in [6.45, 7) is 2.79. The van der Waals surface area contributed by atoms with Gasteiger partial charge in [0.05, 0.1) is 12.8 Å². The Hall–Kier alpha value is -1.79. The molecule has 7 heteroatoms. The Morgan fingerprint density at radius 1 is 1.44 bits per heavy atom. The first-order chi connectivity index (χ1) is 11.7. The zero-order valence-corrected chi connectivity index (χ0v) is 15.4. The van der Waals surface area contributed by atoms with E-state index in [4.69, 9.17) is 4.74 Å². The number of anilines is 2. The van der Waals surface area contributed by atoms with Crippen LogP contribution in [-0.2, 0) is 9.59 Å². The van der Waals surface area contributed by atoms with E-state index in [2.05, 4.69) is 10.6 Å². The molecule has 0 saturated carbocycles. The third kappa shape index (κ3) is 4.86. The molecule has 1 aromatic carbocycles. The molecule has 0 spiro atoms. The summed E-state index contributed by atoms with van der Waals surface area (Å²) < 4.78 is 5.42. The Morgan fingerprint density at radius 2 is 2.28 bits per heavy atom. The zero-order valence-electron chi connectivity index (χ0n) is 14.5. The SMILES string of the molecule is COc1cc(NC(=O)CCC2CCNC2)ccc1N1CCCC1=O.Cl. The topological polar surface area (TPSA) is 70.7 Å². The normalized spacial score (nSPS) is 19.6. The fourth-order valence-electron chi connectivity index (χ4n) is 3.40. The van der Waals surface area contributed by atoms with Crippen LogP contribution < -0.4 is 20.3 Å². The molecule has 0 radical (unpaired) electrons. The Bertz CT molecular complexity index is 618. The minimum absolute atomic E-state index is 0. The van der Waals surface area contributed by atoms with Crippen molar-refractivity contribution in [1.29, 1.82) is 0 Å². The zero-order chi connectivity index (χ0) is 16.9. The van der Waals surface area contributed by atoms with Gasteiger partial charge < -0.3 is 20.3 Å². The van der Waals surface area contributed by atoms with Gasteiger partial charge in [0.2, 0.25) is 11.8 Å². The fourth-order valence-corrected chi connectivity index (χ4v) is 3.40. The minimum Gasteiger partial charge on any atom is -0.494 e. The van der Waals surface area contributed by atoms with Crippen LogP contribution in [0, 0.1) is 5.92 Å². The van der Waals surface area contributed by atoms with Gasteiger partial charge in [-0.2, -0.15) is 0 Å². The van der Waals surface area contributed by atoms with Crippen LogP contribution in [0.4, 0.5) is 11.4 Å². The van der Waals surface area contributed by atoms with Gasteiger partial charge in [0, 0.05) is 31.1 Å². The molecule has 25 heavy (non-hydrogen) atoms. The van der Waals surface area contributed by atoms with Gasteiger partial charge in [0.25, 0.3) is 0 Å². The number of hydrogen-bond donors (Lipinski definition) is 2. The number of ether oxygens (including phenoxy) is 1. The molecule has 6 nitrogen and oxygen atoms in total.